The van der Waals surface area contributed by atoms with Crippen molar-refractivity contribution in [2.75, 3.05) is 12.8 Å². The quantitative estimate of drug-likeness (QED) is 0.672. The van der Waals surface area contributed by atoms with Gasteiger partial charge in [-0.3, -0.25) is 0 Å². The Labute approximate surface area is 76.9 Å². The monoisotopic (exact) mass is 173 g/mol. The highest BCUT2D eigenvalue weighted by Gasteiger charge is 1.95. The van der Waals surface area contributed by atoms with Crippen LogP contribution in [0.3, 0.4) is 0 Å². The van der Waals surface area contributed by atoms with Crippen LogP contribution in [0.25, 0.3) is 10.8 Å². The summed E-state index contributed by atoms with van der Waals surface area (Å²) in [6, 6.07) is 11.8. The van der Waals surface area contributed by atoms with Gasteiger partial charge in [0.25, 0.3) is 0 Å². The van der Waals surface area contributed by atoms with Gasteiger partial charge in [0, 0.05) is 5.69 Å². The molecule has 0 spiro atoms. The van der Waals surface area contributed by atoms with Crippen molar-refractivity contribution in [1.29, 1.82) is 0 Å². The van der Waals surface area contributed by atoms with Gasteiger partial charge < -0.3 is 10.5 Å². The van der Waals surface area contributed by atoms with Crippen molar-refractivity contribution in [3.8, 4) is 5.75 Å². The Morgan fingerprint density at radius 1 is 1.00 bits per heavy atom. The number of fused-ring (bicyclic) bond motifs is 1. The Kier molecular flexibility index (Phi) is 1.81. The zero-order chi connectivity index (χ0) is 9.26. The van der Waals surface area contributed by atoms with Gasteiger partial charge in [-0.2, -0.15) is 0 Å². The van der Waals surface area contributed by atoms with Gasteiger partial charge in [-0.05, 0) is 35.0 Å². The molecule has 2 aromatic rings. The van der Waals surface area contributed by atoms with E-state index in [1.54, 1.807) is 7.11 Å². The zero-order valence-electron chi connectivity index (χ0n) is 7.45. The third-order valence-electron chi connectivity index (χ3n) is 2.07. The predicted octanol–water partition coefficient (Wildman–Crippen LogP) is 2.43. The molecule has 0 amide bonds. The van der Waals surface area contributed by atoms with Gasteiger partial charge in [-0.1, -0.05) is 12.1 Å². The van der Waals surface area contributed by atoms with Crippen LogP contribution in [0.15, 0.2) is 36.4 Å². The number of hydrogen-bond acceptors (Lipinski definition) is 2. The van der Waals surface area contributed by atoms with E-state index < -0.39 is 0 Å². The lowest BCUT2D eigenvalue weighted by Crippen LogP contribution is -1.85. The van der Waals surface area contributed by atoms with Crippen molar-refractivity contribution in [3.63, 3.8) is 0 Å². The fourth-order valence-corrected chi connectivity index (χ4v) is 1.37. The maximum atomic E-state index is 5.67. The van der Waals surface area contributed by atoms with E-state index in [-0.39, 0.29) is 0 Å². The number of anilines is 1. The first kappa shape index (κ1) is 7.92. The van der Waals surface area contributed by atoms with E-state index in [9.17, 15) is 0 Å². The number of nitrogen functional groups attached to an aromatic ring is 1. The molecule has 0 atom stereocenters. The van der Waals surface area contributed by atoms with Crippen molar-refractivity contribution in [3.05, 3.63) is 36.4 Å². The average molecular weight is 173 g/mol. The second-order valence-corrected chi connectivity index (χ2v) is 2.97. The van der Waals surface area contributed by atoms with E-state index in [0.717, 1.165) is 16.8 Å². The number of benzene rings is 2. The second kappa shape index (κ2) is 2.98. The van der Waals surface area contributed by atoms with Gasteiger partial charge >= 0.3 is 0 Å². The molecule has 0 aliphatic rings. The fourth-order valence-electron chi connectivity index (χ4n) is 1.37. The van der Waals surface area contributed by atoms with E-state index in [2.05, 4.69) is 0 Å². The Hall–Kier alpha value is -1.70. The summed E-state index contributed by atoms with van der Waals surface area (Å²) in [5.74, 6) is 0.859. The minimum Gasteiger partial charge on any atom is -0.497 e. The molecule has 0 saturated heterocycles. The van der Waals surface area contributed by atoms with Gasteiger partial charge in [0.1, 0.15) is 5.75 Å². The molecule has 66 valence electrons. The van der Waals surface area contributed by atoms with Gasteiger partial charge in [0.05, 0.1) is 7.11 Å². The lowest BCUT2D eigenvalue weighted by atomic mass is 10.1. The molecule has 0 saturated carbocycles. The molecule has 13 heavy (non-hydrogen) atoms. The molecule has 2 rings (SSSR count). The van der Waals surface area contributed by atoms with Crippen LogP contribution in [0, 0.1) is 0 Å². The molecular formula is C11H11NO. The molecule has 2 aromatic carbocycles. The molecular weight excluding hydrogens is 162 g/mol. The third kappa shape index (κ3) is 1.43. The average Bonchev–Trinajstić information content (AvgIpc) is 2.16. The maximum Gasteiger partial charge on any atom is 0.119 e. The van der Waals surface area contributed by atoms with Crippen LogP contribution in [0.5, 0.6) is 5.75 Å². The molecule has 2 N–H and O–H groups in total. The predicted molar refractivity (Wildman–Crippen MR) is 54.9 cm³/mol. The summed E-state index contributed by atoms with van der Waals surface area (Å²) < 4.78 is 5.12. The zero-order valence-corrected chi connectivity index (χ0v) is 7.45. The van der Waals surface area contributed by atoms with Crippen molar-refractivity contribution in [2.45, 2.75) is 0 Å². The summed E-state index contributed by atoms with van der Waals surface area (Å²) in [5.41, 5.74) is 6.45. The molecule has 0 aromatic heterocycles. The number of rotatable bonds is 1. The molecule has 0 unspecified atom stereocenters. The van der Waals surface area contributed by atoms with Gasteiger partial charge in [0.2, 0.25) is 0 Å². The minimum atomic E-state index is 0.778. The summed E-state index contributed by atoms with van der Waals surface area (Å²) in [5, 5.41) is 2.29. The topological polar surface area (TPSA) is 35.2 Å². The first-order chi connectivity index (χ1) is 6.29. The molecule has 0 aliphatic heterocycles. The summed E-state index contributed by atoms with van der Waals surface area (Å²) in [6.07, 6.45) is 0. The highest BCUT2D eigenvalue weighted by Crippen LogP contribution is 2.22. The lowest BCUT2D eigenvalue weighted by molar-refractivity contribution is 0.415. The van der Waals surface area contributed by atoms with Crippen molar-refractivity contribution >= 4 is 16.5 Å². The Bertz CT molecular complexity index is 437. The van der Waals surface area contributed by atoms with Crippen LogP contribution in [0.2, 0.25) is 0 Å². The fraction of sp³-hybridized carbons (Fsp3) is 0.0909. The first-order valence-corrected chi connectivity index (χ1v) is 4.13. The molecule has 2 heteroatoms. The first-order valence-electron chi connectivity index (χ1n) is 4.13. The Morgan fingerprint density at radius 2 is 1.77 bits per heavy atom. The molecule has 0 heterocycles. The highest BCUT2D eigenvalue weighted by atomic mass is 16.5. The van der Waals surface area contributed by atoms with Gasteiger partial charge in [-0.25, -0.2) is 0 Å². The summed E-state index contributed by atoms with van der Waals surface area (Å²) in [6.45, 7) is 0. The smallest absolute Gasteiger partial charge is 0.119 e. The molecule has 0 bridgehead atoms. The summed E-state index contributed by atoms with van der Waals surface area (Å²) in [4.78, 5) is 0. The Balaban J connectivity index is 2.68. The van der Waals surface area contributed by atoms with Gasteiger partial charge in [-0.15, -0.1) is 0 Å². The van der Waals surface area contributed by atoms with E-state index in [1.165, 1.54) is 5.39 Å². The van der Waals surface area contributed by atoms with Crippen molar-refractivity contribution < 1.29 is 4.74 Å². The van der Waals surface area contributed by atoms with E-state index in [4.69, 9.17) is 10.5 Å². The lowest BCUT2D eigenvalue weighted by Gasteiger charge is -2.02. The van der Waals surface area contributed by atoms with Crippen LogP contribution in [-0.4, -0.2) is 7.11 Å². The number of hydrogen-bond donors (Lipinski definition) is 1. The number of nitrogens with two attached hydrogens (primary N) is 1. The maximum absolute atomic E-state index is 5.67. The van der Waals surface area contributed by atoms with E-state index in [0.29, 0.717) is 0 Å². The van der Waals surface area contributed by atoms with Crippen molar-refractivity contribution in [2.24, 2.45) is 0 Å². The van der Waals surface area contributed by atoms with Crippen molar-refractivity contribution in [1.82, 2.24) is 0 Å². The van der Waals surface area contributed by atoms with Crippen LogP contribution < -0.4 is 10.5 Å². The summed E-state index contributed by atoms with van der Waals surface area (Å²) in [7, 11) is 1.66. The second-order valence-electron chi connectivity index (χ2n) is 2.97. The number of ether oxygens (including phenoxy) is 1. The Morgan fingerprint density at radius 3 is 2.54 bits per heavy atom. The highest BCUT2D eigenvalue weighted by molar-refractivity contribution is 5.86. The summed E-state index contributed by atoms with van der Waals surface area (Å²) >= 11 is 0. The molecule has 0 radical (unpaired) electrons. The third-order valence-corrected chi connectivity index (χ3v) is 2.07. The van der Waals surface area contributed by atoms with Crippen LogP contribution in [-0.2, 0) is 0 Å². The molecule has 0 aliphatic carbocycles. The molecule has 0 fully saturated rings. The van der Waals surface area contributed by atoms with E-state index >= 15 is 0 Å². The van der Waals surface area contributed by atoms with Crippen LogP contribution in [0.4, 0.5) is 5.69 Å². The van der Waals surface area contributed by atoms with Gasteiger partial charge in [0.15, 0.2) is 0 Å². The van der Waals surface area contributed by atoms with E-state index in [1.807, 2.05) is 36.4 Å². The van der Waals surface area contributed by atoms with Crippen LogP contribution in [0.1, 0.15) is 0 Å². The number of methoxy groups -OCH3 is 1. The molecule has 2 nitrogen and oxygen atoms in total. The standard InChI is InChI=1S/C11H11NO/c1-13-11-5-3-8-2-4-10(12)6-9(8)7-11/h2-7H,12H2,1H3. The van der Waals surface area contributed by atoms with Crippen LogP contribution >= 0.6 is 0 Å². The largest absolute Gasteiger partial charge is 0.497 e. The SMILES string of the molecule is COc1ccc2ccc(N)cc2c1. The minimum absolute atomic E-state index is 0.778. The normalized spacial score (nSPS) is 10.2.